The van der Waals surface area contributed by atoms with E-state index in [0.717, 1.165) is 19.4 Å². The zero-order valence-corrected chi connectivity index (χ0v) is 10.2. The van der Waals surface area contributed by atoms with Gasteiger partial charge in [-0.2, -0.15) is 0 Å². The molecule has 84 valence electrons. The summed E-state index contributed by atoms with van der Waals surface area (Å²) in [4.78, 5) is 11.5. The van der Waals surface area contributed by atoms with Crippen molar-refractivity contribution in [2.75, 3.05) is 13.1 Å². The Morgan fingerprint density at radius 2 is 2.14 bits per heavy atom. The normalized spacial score (nSPS) is 14.9. The Morgan fingerprint density at radius 1 is 1.50 bits per heavy atom. The summed E-state index contributed by atoms with van der Waals surface area (Å²) in [5.41, 5.74) is 5.45. The number of carbonyl (C=O) groups is 1. The van der Waals surface area contributed by atoms with E-state index in [1.54, 1.807) is 11.8 Å². The first-order valence-corrected chi connectivity index (χ1v) is 6.19. The first-order chi connectivity index (χ1) is 6.61. The quantitative estimate of drug-likeness (QED) is 0.678. The monoisotopic (exact) mass is 218 g/mol. The lowest BCUT2D eigenvalue weighted by Crippen LogP contribution is -2.32. The summed E-state index contributed by atoms with van der Waals surface area (Å²) in [7, 11) is 0. The Balaban J connectivity index is 3.70. The van der Waals surface area contributed by atoms with E-state index in [-0.39, 0.29) is 11.2 Å². The molecule has 0 aliphatic heterocycles. The van der Waals surface area contributed by atoms with Crippen LogP contribution in [-0.2, 0) is 4.79 Å². The van der Waals surface area contributed by atoms with E-state index in [1.807, 2.05) is 6.92 Å². The number of nitrogens with two attached hydrogens (primary N) is 1. The number of amides is 1. The van der Waals surface area contributed by atoms with Crippen molar-refractivity contribution in [3.8, 4) is 0 Å². The number of rotatable bonds is 7. The van der Waals surface area contributed by atoms with Gasteiger partial charge in [-0.3, -0.25) is 4.79 Å². The van der Waals surface area contributed by atoms with Gasteiger partial charge in [-0.1, -0.05) is 13.8 Å². The van der Waals surface area contributed by atoms with Crippen LogP contribution < -0.4 is 11.1 Å². The lowest BCUT2D eigenvalue weighted by atomic mass is 10.3. The van der Waals surface area contributed by atoms with E-state index in [4.69, 9.17) is 5.73 Å². The summed E-state index contributed by atoms with van der Waals surface area (Å²) >= 11 is 1.69. The molecule has 0 spiro atoms. The fourth-order valence-electron chi connectivity index (χ4n) is 1.10. The predicted molar refractivity (Wildman–Crippen MR) is 63.5 cm³/mol. The molecule has 0 aliphatic carbocycles. The molecule has 0 aromatic carbocycles. The van der Waals surface area contributed by atoms with Crippen LogP contribution in [-0.4, -0.2) is 29.5 Å². The number of thioether (sulfide) groups is 1. The van der Waals surface area contributed by atoms with Crippen LogP contribution in [0.3, 0.4) is 0 Å². The maximum Gasteiger partial charge on any atom is 0.232 e. The van der Waals surface area contributed by atoms with Gasteiger partial charge in [-0.05, 0) is 26.3 Å². The molecule has 0 aromatic heterocycles. The second-order valence-electron chi connectivity index (χ2n) is 3.46. The van der Waals surface area contributed by atoms with Crippen molar-refractivity contribution in [1.82, 2.24) is 5.32 Å². The second-order valence-corrected chi connectivity index (χ2v) is 5.24. The fraction of sp³-hybridized carbons (Fsp3) is 0.900. The van der Waals surface area contributed by atoms with E-state index in [1.165, 1.54) is 0 Å². The van der Waals surface area contributed by atoms with Gasteiger partial charge < -0.3 is 11.1 Å². The van der Waals surface area contributed by atoms with Gasteiger partial charge in [0.15, 0.2) is 0 Å². The third-order valence-electron chi connectivity index (χ3n) is 1.93. The van der Waals surface area contributed by atoms with Gasteiger partial charge in [0.2, 0.25) is 5.91 Å². The minimum absolute atomic E-state index is 0.0306. The molecule has 1 amide bonds. The molecular weight excluding hydrogens is 196 g/mol. The highest BCUT2D eigenvalue weighted by molar-refractivity contribution is 8.01. The first-order valence-electron chi connectivity index (χ1n) is 5.25. The highest BCUT2D eigenvalue weighted by atomic mass is 32.2. The highest BCUT2D eigenvalue weighted by Crippen LogP contribution is 2.19. The lowest BCUT2D eigenvalue weighted by molar-refractivity contribution is -0.120. The zero-order chi connectivity index (χ0) is 11.0. The maximum absolute atomic E-state index is 11.5. The third-order valence-corrected chi connectivity index (χ3v) is 3.25. The van der Waals surface area contributed by atoms with Crippen LogP contribution in [0.5, 0.6) is 0 Å². The van der Waals surface area contributed by atoms with Crippen molar-refractivity contribution in [2.24, 2.45) is 5.73 Å². The zero-order valence-electron chi connectivity index (χ0n) is 9.38. The SMILES string of the molecule is CCCNC(=O)C(C)SC(C)CCN. The average molecular weight is 218 g/mol. The van der Waals surface area contributed by atoms with Crippen LogP contribution >= 0.6 is 11.8 Å². The molecule has 14 heavy (non-hydrogen) atoms. The standard InChI is InChI=1S/C10H22N2OS/c1-4-7-12-10(13)9(3)14-8(2)5-6-11/h8-9H,4-7,11H2,1-3H3,(H,12,13). The van der Waals surface area contributed by atoms with E-state index in [0.29, 0.717) is 11.8 Å². The summed E-state index contributed by atoms with van der Waals surface area (Å²) in [5, 5.41) is 3.38. The molecule has 0 rings (SSSR count). The third kappa shape index (κ3) is 6.27. The molecule has 0 fully saturated rings. The van der Waals surface area contributed by atoms with Crippen LogP contribution in [0.25, 0.3) is 0 Å². The van der Waals surface area contributed by atoms with Gasteiger partial charge in [-0.15, -0.1) is 11.8 Å². The summed E-state index contributed by atoms with van der Waals surface area (Å²) < 4.78 is 0. The van der Waals surface area contributed by atoms with Crippen molar-refractivity contribution >= 4 is 17.7 Å². The minimum atomic E-state index is 0.0306. The van der Waals surface area contributed by atoms with Gasteiger partial charge in [-0.25, -0.2) is 0 Å². The summed E-state index contributed by atoms with van der Waals surface area (Å²) in [6, 6.07) is 0. The van der Waals surface area contributed by atoms with E-state index in [2.05, 4.69) is 19.2 Å². The Labute approximate surface area is 91.2 Å². The summed E-state index contributed by atoms with van der Waals surface area (Å²) in [6.45, 7) is 7.57. The van der Waals surface area contributed by atoms with Crippen LogP contribution in [0.15, 0.2) is 0 Å². The second kappa shape index (κ2) is 8.12. The van der Waals surface area contributed by atoms with Crippen molar-refractivity contribution in [2.45, 2.75) is 44.1 Å². The van der Waals surface area contributed by atoms with Gasteiger partial charge in [0.25, 0.3) is 0 Å². The lowest BCUT2D eigenvalue weighted by Gasteiger charge is -2.16. The van der Waals surface area contributed by atoms with Crippen LogP contribution in [0.1, 0.15) is 33.6 Å². The largest absolute Gasteiger partial charge is 0.355 e. The van der Waals surface area contributed by atoms with E-state index >= 15 is 0 Å². The minimum Gasteiger partial charge on any atom is -0.355 e. The Bertz CT molecular complexity index is 164. The van der Waals surface area contributed by atoms with Crippen LogP contribution in [0.4, 0.5) is 0 Å². The topological polar surface area (TPSA) is 55.1 Å². The molecule has 0 saturated heterocycles. The fourth-order valence-corrected chi connectivity index (χ4v) is 2.28. The molecule has 3 N–H and O–H groups in total. The smallest absolute Gasteiger partial charge is 0.232 e. The summed E-state index contributed by atoms with van der Waals surface area (Å²) in [6.07, 6.45) is 1.96. The molecular formula is C10H22N2OS. The van der Waals surface area contributed by atoms with Crippen molar-refractivity contribution in [3.63, 3.8) is 0 Å². The van der Waals surface area contributed by atoms with Gasteiger partial charge in [0, 0.05) is 11.8 Å². The molecule has 2 atom stereocenters. The highest BCUT2D eigenvalue weighted by Gasteiger charge is 2.15. The Kier molecular flexibility index (Phi) is 7.99. The summed E-state index contributed by atoms with van der Waals surface area (Å²) in [5.74, 6) is 0.140. The van der Waals surface area contributed by atoms with Crippen molar-refractivity contribution in [3.05, 3.63) is 0 Å². The molecule has 2 unspecified atom stereocenters. The Morgan fingerprint density at radius 3 is 2.64 bits per heavy atom. The van der Waals surface area contributed by atoms with E-state index < -0.39 is 0 Å². The van der Waals surface area contributed by atoms with Gasteiger partial charge in [0.1, 0.15) is 0 Å². The number of carbonyl (C=O) groups excluding carboxylic acids is 1. The Hall–Kier alpha value is -0.220. The number of nitrogens with one attached hydrogen (secondary N) is 1. The molecule has 4 heteroatoms. The molecule has 0 aromatic rings. The molecule has 0 bridgehead atoms. The van der Waals surface area contributed by atoms with Crippen molar-refractivity contribution < 1.29 is 4.79 Å². The van der Waals surface area contributed by atoms with Crippen LogP contribution in [0, 0.1) is 0 Å². The molecule has 3 nitrogen and oxygen atoms in total. The average Bonchev–Trinajstić information content (AvgIpc) is 2.14. The molecule has 0 heterocycles. The number of hydrogen-bond acceptors (Lipinski definition) is 3. The maximum atomic E-state index is 11.5. The van der Waals surface area contributed by atoms with Gasteiger partial charge >= 0.3 is 0 Å². The first kappa shape index (κ1) is 13.8. The van der Waals surface area contributed by atoms with Crippen LogP contribution in [0.2, 0.25) is 0 Å². The van der Waals surface area contributed by atoms with Crippen molar-refractivity contribution in [1.29, 1.82) is 0 Å². The molecule has 0 radical (unpaired) electrons. The van der Waals surface area contributed by atoms with E-state index in [9.17, 15) is 4.79 Å². The molecule has 0 saturated carbocycles. The van der Waals surface area contributed by atoms with Gasteiger partial charge in [0.05, 0.1) is 5.25 Å². The predicted octanol–water partition coefficient (Wildman–Crippen LogP) is 1.37. The molecule has 0 aliphatic rings. The number of hydrogen-bond donors (Lipinski definition) is 2.